The smallest absolute Gasteiger partial charge is 0.253 e. The first-order valence-corrected chi connectivity index (χ1v) is 11.0. The number of halogens is 1. The Labute approximate surface area is 172 Å². The number of ether oxygens (including phenoxy) is 1. The van der Waals surface area contributed by atoms with Crippen molar-refractivity contribution in [1.29, 1.82) is 0 Å². The van der Waals surface area contributed by atoms with E-state index < -0.39 is 0 Å². The minimum Gasteiger partial charge on any atom is -0.395 e. The second kappa shape index (κ2) is 9.12. The molecule has 28 heavy (non-hydrogen) atoms. The first kappa shape index (κ1) is 20.1. The van der Waals surface area contributed by atoms with E-state index in [1.54, 1.807) is 6.07 Å². The maximum absolute atomic E-state index is 13.0. The van der Waals surface area contributed by atoms with E-state index >= 15 is 0 Å². The molecular formula is C22H31ClN2O3. The Morgan fingerprint density at radius 2 is 1.82 bits per heavy atom. The van der Waals surface area contributed by atoms with Crippen molar-refractivity contribution in [2.24, 2.45) is 23.7 Å². The van der Waals surface area contributed by atoms with E-state index in [-0.39, 0.29) is 12.5 Å². The maximum atomic E-state index is 13.0. The predicted molar refractivity (Wildman–Crippen MR) is 109 cm³/mol. The standard InChI is InChI=1S/C22H31ClN2O3/c23-20-2-1-14(13-28-6-4-24-3-5-26)12-19(20)22(27)25-21-17-8-15-7-16(10-17)11-18(21)9-15/h1-2,12,15-18,21,24,26H,3-11,13H2,(H,25,27). The van der Waals surface area contributed by atoms with Gasteiger partial charge in [0, 0.05) is 19.1 Å². The largest absolute Gasteiger partial charge is 0.395 e. The molecule has 5 nitrogen and oxygen atoms in total. The highest BCUT2D eigenvalue weighted by Gasteiger charge is 2.48. The highest BCUT2D eigenvalue weighted by molar-refractivity contribution is 6.33. The molecule has 0 unspecified atom stereocenters. The molecule has 4 saturated carbocycles. The van der Waals surface area contributed by atoms with E-state index in [1.807, 2.05) is 12.1 Å². The van der Waals surface area contributed by atoms with Crippen molar-refractivity contribution in [3.05, 3.63) is 34.3 Å². The zero-order chi connectivity index (χ0) is 19.5. The molecule has 3 N–H and O–H groups in total. The lowest BCUT2D eigenvalue weighted by molar-refractivity contribution is -0.0119. The lowest BCUT2D eigenvalue weighted by atomic mass is 9.54. The Morgan fingerprint density at radius 3 is 2.50 bits per heavy atom. The second-order valence-corrected chi connectivity index (χ2v) is 9.18. The van der Waals surface area contributed by atoms with Crippen LogP contribution in [0.15, 0.2) is 18.2 Å². The summed E-state index contributed by atoms with van der Waals surface area (Å²) in [5.41, 5.74) is 1.50. The average molecular weight is 407 g/mol. The van der Waals surface area contributed by atoms with Gasteiger partial charge >= 0.3 is 0 Å². The van der Waals surface area contributed by atoms with Gasteiger partial charge in [-0.25, -0.2) is 0 Å². The maximum Gasteiger partial charge on any atom is 0.253 e. The normalized spacial score (nSPS) is 30.6. The molecule has 4 aliphatic carbocycles. The quantitative estimate of drug-likeness (QED) is 0.551. The van der Waals surface area contributed by atoms with Crippen molar-refractivity contribution in [2.75, 3.05) is 26.3 Å². The van der Waals surface area contributed by atoms with Crippen LogP contribution >= 0.6 is 11.6 Å². The van der Waals surface area contributed by atoms with Gasteiger partial charge in [0.15, 0.2) is 0 Å². The van der Waals surface area contributed by atoms with Crippen LogP contribution in [-0.4, -0.2) is 43.4 Å². The van der Waals surface area contributed by atoms with E-state index in [1.165, 1.54) is 32.1 Å². The van der Waals surface area contributed by atoms with E-state index in [9.17, 15) is 4.79 Å². The van der Waals surface area contributed by atoms with Crippen LogP contribution in [0.5, 0.6) is 0 Å². The highest BCUT2D eigenvalue weighted by Crippen LogP contribution is 2.53. The van der Waals surface area contributed by atoms with E-state index in [0.717, 1.165) is 17.4 Å². The van der Waals surface area contributed by atoms with Gasteiger partial charge < -0.3 is 20.5 Å². The third kappa shape index (κ3) is 4.54. The van der Waals surface area contributed by atoms with Gasteiger partial charge in [0.05, 0.1) is 30.4 Å². The number of carbonyl (C=O) groups is 1. The van der Waals surface area contributed by atoms with Gasteiger partial charge in [-0.2, -0.15) is 0 Å². The third-order valence-electron chi connectivity index (χ3n) is 6.78. The molecule has 4 bridgehead atoms. The molecule has 0 aromatic heterocycles. The van der Waals surface area contributed by atoms with Crippen LogP contribution in [0.25, 0.3) is 0 Å². The molecule has 0 radical (unpaired) electrons. The number of carbonyl (C=O) groups excluding carboxylic acids is 1. The molecule has 0 heterocycles. The Hall–Kier alpha value is -1.14. The van der Waals surface area contributed by atoms with Crippen LogP contribution < -0.4 is 10.6 Å². The van der Waals surface area contributed by atoms with Crippen LogP contribution in [0.2, 0.25) is 5.02 Å². The molecule has 5 rings (SSSR count). The highest BCUT2D eigenvalue weighted by atomic mass is 35.5. The van der Waals surface area contributed by atoms with Crippen LogP contribution in [-0.2, 0) is 11.3 Å². The molecular weight excluding hydrogens is 376 g/mol. The van der Waals surface area contributed by atoms with Gasteiger partial charge in [0.25, 0.3) is 5.91 Å². The molecule has 6 heteroatoms. The van der Waals surface area contributed by atoms with Gasteiger partial charge in [-0.3, -0.25) is 4.79 Å². The minimum absolute atomic E-state index is 0.0473. The summed E-state index contributed by atoms with van der Waals surface area (Å²) >= 11 is 6.34. The average Bonchev–Trinajstić information content (AvgIpc) is 2.68. The van der Waals surface area contributed by atoms with Gasteiger partial charge in [-0.15, -0.1) is 0 Å². The summed E-state index contributed by atoms with van der Waals surface area (Å²) in [5.74, 6) is 3.04. The number of amides is 1. The van der Waals surface area contributed by atoms with Gasteiger partial charge in [-0.1, -0.05) is 17.7 Å². The number of hydrogen-bond donors (Lipinski definition) is 3. The molecule has 0 aliphatic heterocycles. The Morgan fingerprint density at radius 1 is 1.11 bits per heavy atom. The zero-order valence-electron chi connectivity index (χ0n) is 16.3. The Kier molecular flexibility index (Phi) is 6.56. The van der Waals surface area contributed by atoms with E-state index in [0.29, 0.717) is 54.8 Å². The van der Waals surface area contributed by atoms with Gasteiger partial charge in [-0.05, 0) is 73.5 Å². The van der Waals surface area contributed by atoms with Crippen molar-refractivity contribution in [3.8, 4) is 0 Å². The molecule has 0 spiro atoms. The van der Waals surface area contributed by atoms with E-state index in [4.69, 9.17) is 21.4 Å². The lowest BCUT2D eigenvalue weighted by Crippen LogP contribution is -2.55. The molecule has 1 aromatic carbocycles. The molecule has 4 fully saturated rings. The summed E-state index contributed by atoms with van der Waals surface area (Å²) in [5, 5.41) is 15.6. The molecule has 154 valence electrons. The number of aliphatic hydroxyl groups excluding tert-OH is 1. The van der Waals surface area contributed by atoms with Crippen LogP contribution in [0, 0.1) is 23.7 Å². The summed E-state index contributed by atoms with van der Waals surface area (Å²) in [6.45, 7) is 2.38. The number of rotatable bonds is 9. The number of hydrogen-bond acceptors (Lipinski definition) is 4. The molecule has 0 saturated heterocycles. The first-order valence-electron chi connectivity index (χ1n) is 10.6. The number of aliphatic hydroxyl groups is 1. The fourth-order valence-corrected chi connectivity index (χ4v) is 5.97. The van der Waals surface area contributed by atoms with Crippen molar-refractivity contribution in [1.82, 2.24) is 10.6 Å². The fraction of sp³-hybridized carbons (Fsp3) is 0.682. The topological polar surface area (TPSA) is 70.6 Å². The van der Waals surface area contributed by atoms with Crippen molar-refractivity contribution >= 4 is 17.5 Å². The fourth-order valence-electron chi connectivity index (χ4n) is 5.76. The monoisotopic (exact) mass is 406 g/mol. The van der Waals surface area contributed by atoms with Crippen molar-refractivity contribution in [3.63, 3.8) is 0 Å². The lowest BCUT2D eigenvalue weighted by Gasteiger charge is -2.54. The molecule has 1 aromatic rings. The summed E-state index contributed by atoms with van der Waals surface area (Å²) in [7, 11) is 0. The summed E-state index contributed by atoms with van der Waals surface area (Å²) in [4.78, 5) is 13.0. The van der Waals surface area contributed by atoms with Crippen LogP contribution in [0.3, 0.4) is 0 Å². The van der Waals surface area contributed by atoms with Crippen molar-refractivity contribution in [2.45, 2.75) is 44.8 Å². The van der Waals surface area contributed by atoms with E-state index in [2.05, 4.69) is 10.6 Å². The second-order valence-electron chi connectivity index (χ2n) is 8.77. The van der Waals surface area contributed by atoms with Crippen LogP contribution in [0.4, 0.5) is 0 Å². The first-order chi connectivity index (χ1) is 13.6. The zero-order valence-corrected chi connectivity index (χ0v) is 17.1. The SMILES string of the molecule is O=C(NC1C2CC3CC(C2)CC1C3)c1cc(COCCNCCO)ccc1Cl. The van der Waals surface area contributed by atoms with Gasteiger partial charge in [0.1, 0.15) is 0 Å². The number of benzene rings is 1. The molecule has 0 atom stereocenters. The number of nitrogens with one attached hydrogen (secondary N) is 2. The Bertz CT molecular complexity index is 668. The molecule has 4 aliphatic rings. The predicted octanol–water partition coefficient (Wildman–Crippen LogP) is 2.99. The summed E-state index contributed by atoms with van der Waals surface area (Å²) < 4.78 is 5.65. The minimum atomic E-state index is -0.0473. The van der Waals surface area contributed by atoms with Crippen LogP contribution in [0.1, 0.15) is 48.0 Å². The summed E-state index contributed by atoms with van der Waals surface area (Å²) in [6, 6.07) is 5.86. The molecule has 1 amide bonds. The van der Waals surface area contributed by atoms with Crippen molar-refractivity contribution < 1.29 is 14.6 Å². The third-order valence-corrected chi connectivity index (χ3v) is 7.11. The summed E-state index contributed by atoms with van der Waals surface area (Å²) in [6.07, 6.45) is 6.54. The Balaban J connectivity index is 1.33. The van der Waals surface area contributed by atoms with Gasteiger partial charge in [0.2, 0.25) is 0 Å².